The first-order chi connectivity index (χ1) is 15.1. The van der Waals surface area contributed by atoms with Crippen molar-refractivity contribution in [3.8, 4) is 5.69 Å². The molecular formula is C22H31N7O2. The number of nitrogens with one attached hydrogen (secondary N) is 2. The van der Waals surface area contributed by atoms with Gasteiger partial charge in [-0.3, -0.25) is 9.59 Å². The summed E-state index contributed by atoms with van der Waals surface area (Å²) >= 11 is 0. The van der Waals surface area contributed by atoms with Crippen molar-refractivity contribution in [2.24, 2.45) is 0 Å². The number of nitrogens with zero attached hydrogens (tertiary/aromatic N) is 5. The van der Waals surface area contributed by atoms with E-state index in [1.165, 1.54) is 0 Å². The summed E-state index contributed by atoms with van der Waals surface area (Å²) in [5.41, 5.74) is 1.32. The maximum absolute atomic E-state index is 13.1. The third-order valence-corrected chi connectivity index (χ3v) is 5.37. The minimum Gasteiger partial charge on any atom is -0.340 e. The second-order valence-electron chi connectivity index (χ2n) is 7.68. The lowest BCUT2D eigenvalue weighted by molar-refractivity contribution is -0.135. The van der Waals surface area contributed by atoms with Crippen molar-refractivity contribution >= 4 is 11.8 Å². The Morgan fingerprint density at radius 2 is 1.94 bits per heavy atom. The number of carbonyl (C=O) groups excluding carboxylic acids is 2. The highest BCUT2D eigenvalue weighted by molar-refractivity contribution is 5.97. The summed E-state index contributed by atoms with van der Waals surface area (Å²) in [5.74, 6) is -0.263. The van der Waals surface area contributed by atoms with Gasteiger partial charge in [-0.25, -0.2) is 4.68 Å². The van der Waals surface area contributed by atoms with Crippen LogP contribution in [-0.2, 0) is 4.79 Å². The van der Waals surface area contributed by atoms with E-state index < -0.39 is 6.04 Å². The van der Waals surface area contributed by atoms with Crippen molar-refractivity contribution in [2.75, 3.05) is 46.3 Å². The Balaban J connectivity index is 1.63. The summed E-state index contributed by atoms with van der Waals surface area (Å²) in [6.07, 6.45) is 6.50. The molecule has 1 saturated heterocycles. The van der Waals surface area contributed by atoms with Gasteiger partial charge < -0.3 is 20.4 Å². The van der Waals surface area contributed by atoms with Gasteiger partial charge in [0, 0.05) is 38.3 Å². The molecule has 9 heteroatoms. The molecule has 0 aliphatic carbocycles. The first kappa shape index (κ1) is 22.6. The van der Waals surface area contributed by atoms with Gasteiger partial charge in [0.15, 0.2) is 0 Å². The number of hydrogen-bond donors (Lipinski definition) is 2. The molecule has 0 radical (unpaired) electrons. The van der Waals surface area contributed by atoms with E-state index in [-0.39, 0.29) is 11.8 Å². The number of carbonyl (C=O) groups is 2. The van der Waals surface area contributed by atoms with Crippen molar-refractivity contribution in [3.05, 3.63) is 54.9 Å². The number of hydrogen-bond acceptors (Lipinski definition) is 6. The van der Waals surface area contributed by atoms with Crippen LogP contribution in [0.1, 0.15) is 23.2 Å². The van der Waals surface area contributed by atoms with E-state index in [1.54, 1.807) is 47.4 Å². The van der Waals surface area contributed by atoms with Crippen LogP contribution in [0.2, 0.25) is 0 Å². The van der Waals surface area contributed by atoms with Crippen LogP contribution in [0.25, 0.3) is 5.69 Å². The lowest BCUT2D eigenvalue weighted by Crippen LogP contribution is -2.54. The maximum Gasteiger partial charge on any atom is 0.251 e. The standard InChI is InChI=1S/C22H31N7O2/c1-3-10-23-11-4-5-20(22(31)28-16-14-27(2)15-17-28)25-21(30)18-6-8-19(9-7-18)29-13-12-24-26-29/h3,6-9,12-13,20,23H,1,4-5,10-11,14-17H2,2H3,(H,25,30)/t20-/m0/s1. The van der Waals surface area contributed by atoms with E-state index >= 15 is 0 Å². The molecule has 31 heavy (non-hydrogen) atoms. The molecule has 0 spiro atoms. The molecule has 166 valence electrons. The van der Waals surface area contributed by atoms with E-state index in [0.717, 1.165) is 38.3 Å². The number of benzene rings is 1. The van der Waals surface area contributed by atoms with E-state index in [1.807, 2.05) is 4.90 Å². The van der Waals surface area contributed by atoms with Crippen LogP contribution in [0.3, 0.4) is 0 Å². The largest absolute Gasteiger partial charge is 0.340 e. The van der Waals surface area contributed by atoms with Crippen molar-refractivity contribution in [2.45, 2.75) is 18.9 Å². The number of piperazine rings is 1. The summed E-state index contributed by atoms with van der Waals surface area (Å²) < 4.78 is 1.62. The quantitative estimate of drug-likeness (QED) is 0.430. The second-order valence-corrected chi connectivity index (χ2v) is 7.68. The fourth-order valence-electron chi connectivity index (χ4n) is 3.49. The molecule has 2 heterocycles. The fraction of sp³-hybridized carbons (Fsp3) is 0.455. The zero-order valence-corrected chi connectivity index (χ0v) is 18.0. The van der Waals surface area contributed by atoms with Gasteiger partial charge in [-0.2, -0.15) is 0 Å². The molecule has 0 unspecified atom stereocenters. The summed E-state index contributed by atoms with van der Waals surface area (Å²) in [6, 6.07) is 6.53. The summed E-state index contributed by atoms with van der Waals surface area (Å²) in [4.78, 5) is 30.1. The molecule has 1 aliphatic heterocycles. The molecule has 1 aromatic heterocycles. The van der Waals surface area contributed by atoms with Crippen molar-refractivity contribution in [3.63, 3.8) is 0 Å². The summed E-state index contributed by atoms with van der Waals surface area (Å²) in [7, 11) is 2.05. The monoisotopic (exact) mass is 425 g/mol. The zero-order valence-electron chi connectivity index (χ0n) is 18.0. The lowest BCUT2D eigenvalue weighted by atomic mass is 10.1. The van der Waals surface area contributed by atoms with E-state index in [9.17, 15) is 9.59 Å². The number of aromatic nitrogens is 3. The Kier molecular flexibility index (Phi) is 8.31. The third-order valence-electron chi connectivity index (χ3n) is 5.37. The van der Waals surface area contributed by atoms with Crippen LogP contribution in [-0.4, -0.2) is 89.0 Å². The molecule has 3 rings (SSSR count). The maximum atomic E-state index is 13.1. The van der Waals surface area contributed by atoms with Crippen molar-refractivity contribution in [1.29, 1.82) is 0 Å². The lowest BCUT2D eigenvalue weighted by Gasteiger charge is -2.34. The minimum absolute atomic E-state index is 0.00981. The molecule has 0 saturated carbocycles. The summed E-state index contributed by atoms with van der Waals surface area (Å²) in [5, 5.41) is 13.9. The number of rotatable bonds is 10. The molecule has 2 N–H and O–H groups in total. The fourth-order valence-corrected chi connectivity index (χ4v) is 3.49. The normalized spacial score (nSPS) is 15.5. The van der Waals surface area contributed by atoms with Gasteiger partial charge in [0.1, 0.15) is 6.04 Å². The number of amides is 2. The highest BCUT2D eigenvalue weighted by atomic mass is 16.2. The van der Waals surface area contributed by atoms with Gasteiger partial charge in [0.25, 0.3) is 5.91 Å². The molecule has 1 aliphatic rings. The molecule has 2 aromatic rings. The van der Waals surface area contributed by atoms with Gasteiger partial charge in [-0.15, -0.1) is 11.7 Å². The average Bonchev–Trinajstić information content (AvgIpc) is 3.33. The zero-order chi connectivity index (χ0) is 22.1. The van der Waals surface area contributed by atoms with Crippen LogP contribution in [0.5, 0.6) is 0 Å². The Hall–Kier alpha value is -3.04. The average molecular weight is 426 g/mol. The molecular weight excluding hydrogens is 394 g/mol. The van der Waals surface area contributed by atoms with Crippen LogP contribution < -0.4 is 10.6 Å². The molecule has 9 nitrogen and oxygen atoms in total. The molecule has 1 fully saturated rings. The van der Waals surface area contributed by atoms with Gasteiger partial charge in [0.2, 0.25) is 5.91 Å². The van der Waals surface area contributed by atoms with Crippen molar-refractivity contribution < 1.29 is 9.59 Å². The SMILES string of the molecule is C=CCNCCC[C@H](NC(=O)c1ccc(-n2ccnn2)cc1)C(=O)N1CCN(C)CC1. The molecule has 0 bridgehead atoms. The summed E-state index contributed by atoms with van der Waals surface area (Å²) in [6.45, 7) is 8.24. The van der Waals surface area contributed by atoms with Crippen molar-refractivity contribution in [1.82, 2.24) is 35.4 Å². The molecule has 1 aromatic carbocycles. The Labute approximate surface area is 183 Å². The van der Waals surface area contributed by atoms with E-state index in [0.29, 0.717) is 25.1 Å². The predicted molar refractivity (Wildman–Crippen MR) is 119 cm³/mol. The highest BCUT2D eigenvalue weighted by Crippen LogP contribution is 2.11. The van der Waals surface area contributed by atoms with Gasteiger partial charge in [-0.05, 0) is 50.7 Å². The van der Waals surface area contributed by atoms with Crippen LogP contribution in [0.4, 0.5) is 0 Å². The number of likely N-dealkylation sites (N-methyl/N-ethyl adjacent to an activating group) is 1. The first-order valence-corrected chi connectivity index (χ1v) is 10.6. The third kappa shape index (κ3) is 6.47. The molecule has 2 amide bonds. The Morgan fingerprint density at radius 3 is 2.58 bits per heavy atom. The topological polar surface area (TPSA) is 95.4 Å². The van der Waals surface area contributed by atoms with Gasteiger partial charge in [0.05, 0.1) is 18.1 Å². The van der Waals surface area contributed by atoms with Crippen LogP contribution in [0.15, 0.2) is 49.3 Å². The Bertz CT molecular complexity index is 843. The second kappa shape index (κ2) is 11.4. The van der Waals surface area contributed by atoms with E-state index in [4.69, 9.17) is 0 Å². The van der Waals surface area contributed by atoms with Gasteiger partial charge in [-0.1, -0.05) is 11.3 Å². The van der Waals surface area contributed by atoms with Gasteiger partial charge >= 0.3 is 0 Å². The Morgan fingerprint density at radius 1 is 1.19 bits per heavy atom. The smallest absolute Gasteiger partial charge is 0.251 e. The first-order valence-electron chi connectivity index (χ1n) is 10.6. The van der Waals surface area contributed by atoms with Crippen LogP contribution in [0, 0.1) is 0 Å². The van der Waals surface area contributed by atoms with E-state index in [2.05, 4.69) is 39.5 Å². The highest BCUT2D eigenvalue weighted by Gasteiger charge is 2.28. The van der Waals surface area contributed by atoms with Crippen LogP contribution >= 0.6 is 0 Å². The predicted octanol–water partition coefficient (Wildman–Crippen LogP) is 0.696. The minimum atomic E-state index is -0.545. The molecule has 1 atom stereocenters.